The van der Waals surface area contributed by atoms with Crippen molar-refractivity contribution in [1.29, 1.82) is 0 Å². The number of hydrazone groups is 1. The lowest BCUT2D eigenvalue weighted by Gasteiger charge is -2.15. The van der Waals surface area contributed by atoms with Crippen LogP contribution in [0.1, 0.15) is 29.3 Å². The minimum Gasteiger partial charge on any atom is -0.478 e. The molecule has 1 unspecified atom stereocenters. The molecule has 0 aliphatic carbocycles. The fourth-order valence-corrected chi connectivity index (χ4v) is 3.19. The van der Waals surface area contributed by atoms with E-state index in [1.54, 1.807) is 55.5 Å². The normalized spacial score (nSPS) is 16.4. The SMILES string of the molecule is COC(=O)c1ccc(C=C(CC2C(=O)N(c3ccc(Cl)cc3)N=C2C)C(=O)O)cc1. The van der Waals surface area contributed by atoms with E-state index in [2.05, 4.69) is 9.84 Å². The van der Waals surface area contributed by atoms with Crippen LogP contribution in [0.25, 0.3) is 6.08 Å². The van der Waals surface area contributed by atoms with E-state index in [0.717, 1.165) is 0 Å². The second-order valence-electron chi connectivity index (χ2n) is 6.71. The Hall–Kier alpha value is -3.45. The maximum atomic E-state index is 12.9. The minimum absolute atomic E-state index is 0.00760. The number of rotatable bonds is 6. The molecule has 3 rings (SSSR count). The number of aliphatic carboxylic acids is 1. The lowest BCUT2D eigenvalue weighted by atomic mass is 9.93. The number of carbonyl (C=O) groups is 3. The van der Waals surface area contributed by atoms with E-state index in [0.29, 0.717) is 27.5 Å². The Morgan fingerprint density at radius 2 is 1.80 bits per heavy atom. The largest absolute Gasteiger partial charge is 0.478 e. The molecule has 0 spiro atoms. The van der Waals surface area contributed by atoms with E-state index in [1.807, 2.05) is 0 Å². The number of halogens is 1. The molecular formula is C22H19ClN2O5. The van der Waals surface area contributed by atoms with Gasteiger partial charge in [0, 0.05) is 16.3 Å². The molecule has 1 amide bonds. The van der Waals surface area contributed by atoms with Gasteiger partial charge < -0.3 is 9.84 Å². The Bertz CT molecular complexity index is 1040. The van der Waals surface area contributed by atoms with Crippen molar-refractivity contribution >= 4 is 46.9 Å². The average molecular weight is 427 g/mol. The molecule has 8 heteroatoms. The topological polar surface area (TPSA) is 96.3 Å². The van der Waals surface area contributed by atoms with Gasteiger partial charge in [-0.1, -0.05) is 23.7 Å². The van der Waals surface area contributed by atoms with Gasteiger partial charge in [0.05, 0.1) is 24.3 Å². The number of hydrogen-bond acceptors (Lipinski definition) is 5. The van der Waals surface area contributed by atoms with Crippen LogP contribution >= 0.6 is 11.6 Å². The maximum Gasteiger partial charge on any atom is 0.337 e. The van der Waals surface area contributed by atoms with Gasteiger partial charge in [0.2, 0.25) is 0 Å². The Kier molecular flexibility index (Phi) is 6.32. The predicted octanol–water partition coefficient (Wildman–Crippen LogP) is 4.02. The molecule has 0 saturated carbocycles. The molecule has 0 fully saturated rings. The van der Waals surface area contributed by atoms with Crippen molar-refractivity contribution in [2.45, 2.75) is 13.3 Å². The number of hydrogen-bond donors (Lipinski definition) is 1. The number of carbonyl (C=O) groups excluding carboxylic acids is 2. The van der Waals surface area contributed by atoms with Gasteiger partial charge in [-0.15, -0.1) is 0 Å². The molecule has 1 aliphatic rings. The number of amides is 1. The summed E-state index contributed by atoms with van der Waals surface area (Å²) in [4.78, 5) is 36.2. The molecule has 0 aromatic heterocycles. The molecule has 2 aromatic carbocycles. The summed E-state index contributed by atoms with van der Waals surface area (Å²) in [6.45, 7) is 1.70. The predicted molar refractivity (Wildman–Crippen MR) is 114 cm³/mol. The second-order valence-corrected chi connectivity index (χ2v) is 7.15. The summed E-state index contributed by atoms with van der Waals surface area (Å²) in [6.07, 6.45) is 1.47. The molecule has 0 bridgehead atoms. The molecule has 1 heterocycles. The Labute approximate surface area is 178 Å². The summed E-state index contributed by atoms with van der Waals surface area (Å²) in [6, 6.07) is 13.0. The number of anilines is 1. The lowest BCUT2D eigenvalue weighted by molar-refractivity contribution is -0.132. The van der Waals surface area contributed by atoms with Gasteiger partial charge >= 0.3 is 11.9 Å². The summed E-state index contributed by atoms with van der Waals surface area (Å²) in [7, 11) is 1.29. The van der Waals surface area contributed by atoms with Crippen LogP contribution in [0.15, 0.2) is 59.2 Å². The molecule has 1 N–H and O–H groups in total. The van der Waals surface area contributed by atoms with Gasteiger partial charge in [-0.3, -0.25) is 4.79 Å². The highest BCUT2D eigenvalue weighted by atomic mass is 35.5. The van der Waals surface area contributed by atoms with Crippen LogP contribution in [-0.2, 0) is 14.3 Å². The Morgan fingerprint density at radius 3 is 2.37 bits per heavy atom. The van der Waals surface area contributed by atoms with E-state index in [9.17, 15) is 19.5 Å². The van der Waals surface area contributed by atoms with Crippen molar-refractivity contribution in [2.75, 3.05) is 12.1 Å². The molecule has 0 saturated heterocycles. The first-order chi connectivity index (χ1) is 14.3. The molecular weight excluding hydrogens is 408 g/mol. The fourth-order valence-electron chi connectivity index (χ4n) is 3.07. The molecule has 154 valence electrons. The molecule has 30 heavy (non-hydrogen) atoms. The van der Waals surface area contributed by atoms with Crippen LogP contribution in [-0.4, -0.2) is 35.8 Å². The number of esters is 1. The van der Waals surface area contributed by atoms with Crippen molar-refractivity contribution in [2.24, 2.45) is 11.0 Å². The summed E-state index contributed by atoms with van der Waals surface area (Å²) < 4.78 is 4.65. The first kappa shape index (κ1) is 21.3. The van der Waals surface area contributed by atoms with Gasteiger partial charge in [-0.05, 0) is 61.4 Å². The highest BCUT2D eigenvalue weighted by Crippen LogP contribution is 2.29. The third-order valence-electron chi connectivity index (χ3n) is 4.71. The van der Waals surface area contributed by atoms with E-state index in [1.165, 1.54) is 18.2 Å². The number of ether oxygens (including phenoxy) is 1. The molecule has 0 radical (unpaired) electrons. The van der Waals surface area contributed by atoms with Crippen LogP contribution in [0.5, 0.6) is 0 Å². The molecule has 7 nitrogen and oxygen atoms in total. The van der Waals surface area contributed by atoms with Gasteiger partial charge in [0.15, 0.2) is 0 Å². The summed E-state index contributed by atoms with van der Waals surface area (Å²) in [5, 5.41) is 15.7. The lowest BCUT2D eigenvalue weighted by Crippen LogP contribution is -2.28. The van der Waals surface area contributed by atoms with Gasteiger partial charge in [0.1, 0.15) is 0 Å². The van der Waals surface area contributed by atoms with E-state index in [4.69, 9.17) is 11.6 Å². The molecule has 1 aliphatic heterocycles. The molecule has 1 atom stereocenters. The Balaban J connectivity index is 1.81. The van der Waals surface area contributed by atoms with Crippen molar-refractivity contribution in [1.82, 2.24) is 0 Å². The van der Waals surface area contributed by atoms with E-state index < -0.39 is 17.9 Å². The minimum atomic E-state index is -1.13. The van der Waals surface area contributed by atoms with Gasteiger partial charge in [0.25, 0.3) is 5.91 Å². The summed E-state index contributed by atoms with van der Waals surface area (Å²) >= 11 is 5.89. The first-order valence-corrected chi connectivity index (χ1v) is 9.45. The first-order valence-electron chi connectivity index (χ1n) is 9.07. The highest BCUT2D eigenvalue weighted by molar-refractivity contribution is 6.30. The van der Waals surface area contributed by atoms with E-state index in [-0.39, 0.29) is 17.9 Å². The number of carboxylic acid groups (broad SMARTS) is 1. The van der Waals surface area contributed by atoms with Crippen LogP contribution in [0.4, 0.5) is 5.69 Å². The third kappa shape index (κ3) is 4.58. The van der Waals surface area contributed by atoms with Crippen molar-refractivity contribution < 1.29 is 24.2 Å². The van der Waals surface area contributed by atoms with E-state index >= 15 is 0 Å². The fraction of sp³-hybridized carbons (Fsp3) is 0.182. The third-order valence-corrected chi connectivity index (χ3v) is 4.96. The smallest absolute Gasteiger partial charge is 0.337 e. The highest BCUT2D eigenvalue weighted by Gasteiger charge is 2.35. The average Bonchev–Trinajstić information content (AvgIpc) is 3.01. The van der Waals surface area contributed by atoms with Crippen LogP contribution in [0.2, 0.25) is 5.02 Å². The monoisotopic (exact) mass is 426 g/mol. The standard InChI is InChI=1S/C22H19ClN2O5/c1-13-19(20(26)25(24-13)18-9-7-17(23)8-10-18)12-16(21(27)28)11-14-3-5-15(6-4-14)22(29)30-2/h3-11,19H,12H2,1-2H3,(H,27,28). The zero-order chi connectivity index (χ0) is 21.8. The summed E-state index contributed by atoms with van der Waals surface area (Å²) in [5.41, 5.74) is 2.11. The zero-order valence-electron chi connectivity index (χ0n) is 16.3. The zero-order valence-corrected chi connectivity index (χ0v) is 17.1. The number of nitrogens with zero attached hydrogens (tertiary/aromatic N) is 2. The number of methoxy groups -OCH3 is 1. The van der Waals surface area contributed by atoms with Crippen LogP contribution < -0.4 is 5.01 Å². The van der Waals surface area contributed by atoms with Gasteiger partial charge in [-0.25, -0.2) is 14.6 Å². The quantitative estimate of drug-likeness (QED) is 0.555. The number of benzene rings is 2. The summed E-state index contributed by atoms with van der Waals surface area (Å²) in [5.74, 6) is -2.59. The van der Waals surface area contributed by atoms with Gasteiger partial charge in [-0.2, -0.15) is 5.10 Å². The van der Waals surface area contributed by atoms with Crippen molar-refractivity contribution in [3.63, 3.8) is 0 Å². The van der Waals surface area contributed by atoms with Crippen molar-refractivity contribution in [3.05, 3.63) is 70.3 Å². The second kappa shape index (κ2) is 8.92. The maximum absolute atomic E-state index is 12.9. The Morgan fingerprint density at radius 1 is 1.17 bits per heavy atom. The molecule has 2 aromatic rings. The van der Waals surface area contributed by atoms with Crippen molar-refractivity contribution in [3.8, 4) is 0 Å². The number of carboxylic acids is 1. The van der Waals surface area contributed by atoms with Crippen LogP contribution in [0.3, 0.4) is 0 Å². The van der Waals surface area contributed by atoms with Crippen LogP contribution in [0, 0.1) is 5.92 Å².